The van der Waals surface area contributed by atoms with Crippen molar-refractivity contribution < 1.29 is 13.9 Å². The standard InChI is InChI=1S/C23H27N3O3/c1-15-4-6-20-19(14-28-21(20)8-15)9-23(27)25-11-18-5-7-22(24-10-18)26-12-16(2)29-17(3)13-26/h4-8,10,14,16-17H,9,11-13H2,1-3H3,(H,25,27). The largest absolute Gasteiger partial charge is 0.464 e. The molecule has 2 unspecified atom stereocenters. The molecule has 1 aliphatic heterocycles. The van der Waals surface area contributed by atoms with Gasteiger partial charge in [0.1, 0.15) is 11.4 Å². The third-order valence-corrected chi connectivity index (χ3v) is 5.20. The summed E-state index contributed by atoms with van der Waals surface area (Å²) in [5.74, 6) is 0.912. The zero-order valence-corrected chi connectivity index (χ0v) is 17.1. The number of carbonyl (C=O) groups is 1. The van der Waals surface area contributed by atoms with Crippen LogP contribution in [-0.4, -0.2) is 36.2 Å². The smallest absolute Gasteiger partial charge is 0.224 e. The molecule has 0 spiro atoms. The predicted molar refractivity (Wildman–Crippen MR) is 113 cm³/mol. The number of hydrogen-bond donors (Lipinski definition) is 1. The van der Waals surface area contributed by atoms with Gasteiger partial charge in [-0.15, -0.1) is 0 Å². The second kappa shape index (κ2) is 8.25. The first kappa shape index (κ1) is 19.5. The molecule has 2 aromatic heterocycles. The van der Waals surface area contributed by atoms with E-state index in [2.05, 4.69) is 29.0 Å². The first-order valence-electron chi connectivity index (χ1n) is 10.1. The number of anilines is 1. The lowest BCUT2D eigenvalue weighted by Crippen LogP contribution is -2.45. The molecule has 1 N–H and O–H groups in total. The topological polar surface area (TPSA) is 67.6 Å². The lowest BCUT2D eigenvalue weighted by atomic mass is 10.1. The fourth-order valence-electron chi connectivity index (χ4n) is 3.84. The average molecular weight is 393 g/mol. The molecule has 0 bridgehead atoms. The number of furan rings is 1. The highest BCUT2D eigenvalue weighted by molar-refractivity contribution is 5.87. The van der Waals surface area contributed by atoms with Crippen LogP contribution in [0.15, 0.2) is 47.2 Å². The van der Waals surface area contributed by atoms with Crippen LogP contribution in [-0.2, 0) is 22.5 Å². The summed E-state index contributed by atoms with van der Waals surface area (Å²) in [5.41, 5.74) is 3.84. The van der Waals surface area contributed by atoms with Gasteiger partial charge in [0.15, 0.2) is 0 Å². The predicted octanol–water partition coefficient (Wildman–Crippen LogP) is 3.61. The number of morpholine rings is 1. The Balaban J connectivity index is 1.33. The number of fused-ring (bicyclic) bond motifs is 1. The third kappa shape index (κ3) is 4.59. The fourth-order valence-corrected chi connectivity index (χ4v) is 3.84. The van der Waals surface area contributed by atoms with E-state index in [1.165, 1.54) is 0 Å². The van der Waals surface area contributed by atoms with Crippen LogP contribution in [0.4, 0.5) is 5.82 Å². The molecule has 0 aliphatic carbocycles. The second-order valence-corrected chi connectivity index (χ2v) is 7.90. The Hall–Kier alpha value is -2.86. The molecule has 3 aromatic rings. The van der Waals surface area contributed by atoms with E-state index >= 15 is 0 Å². The number of hydrogen-bond acceptors (Lipinski definition) is 5. The molecule has 6 heteroatoms. The van der Waals surface area contributed by atoms with Gasteiger partial charge < -0.3 is 19.4 Å². The molecule has 4 rings (SSSR count). The molecule has 1 amide bonds. The minimum atomic E-state index is -0.0341. The summed E-state index contributed by atoms with van der Waals surface area (Å²) >= 11 is 0. The van der Waals surface area contributed by atoms with Gasteiger partial charge in [-0.1, -0.05) is 18.2 Å². The zero-order valence-electron chi connectivity index (χ0n) is 17.1. The highest BCUT2D eigenvalue weighted by Crippen LogP contribution is 2.23. The van der Waals surface area contributed by atoms with E-state index in [1.807, 2.05) is 43.5 Å². The Morgan fingerprint density at radius 2 is 2.00 bits per heavy atom. The third-order valence-electron chi connectivity index (χ3n) is 5.20. The van der Waals surface area contributed by atoms with Crippen molar-refractivity contribution in [3.63, 3.8) is 0 Å². The van der Waals surface area contributed by atoms with E-state index in [0.29, 0.717) is 13.0 Å². The van der Waals surface area contributed by atoms with Crippen LogP contribution in [0.3, 0.4) is 0 Å². The van der Waals surface area contributed by atoms with Crippen LogP contribution in [0.2, 0.25) is 0 Å². The lowest BCUT2D eigenvalue weighted by Gasteiger charge is -2.36. The van der Waals surface area contributed by atoms with Crippen molar-refractivity contribution >= 4 is 22.7 Å². The Morgan fingerprint density at radius 1 is 1.21 bits per heavy atom. The van der Waals surface area contributed by atoms with Gasteiger partial charge in [-0.25, -0.2) is 4.98 Å². The number of ether oxygens (including phenoxy) is 1. The molecular formula is C23H27N3O3. The molecule has 1 aromatic carbocycles. The first-order valence-corrected chi connectivity index (χ1v) is 10.1. The Bertz CT molecular complexity index is 986. The average Bonchev–Trinajstić information content (AvgIpc) is 3.07. The van der Waals surface area contributed by atoms with Crippen molar-refractivity contribution in [1.82, 2.24) is 10.3 Å². The van der Waals surface area contributed by atoms with Crippen molar-refractivity contribution in [3.8, 4) is 0 Å². The molecular weight excluding hydrogens is 366 g/mol. The number of benzene rings is 1. The maximum Gasteiger partial charge on any atom is 0.224 e. The summed E-state index contributed by atoms with van der Waals surface area (Å²) in [6.07, 6.45) is 4.19. The van der Waals surface area contributed by atoms with Crippen molar-refractivity contribution in [3.05, 3.63) is 59.5 Å². The van der Waals surface area contributed by atoms with Gasteiger partial charge in [-0.3, -0.25) is 4.79 Å². The van der Waals surface area contributed by atoms with Crippen molar-refractivity contribution in [2.45, 2.75) is 45.9 Å². The van der Waals surface area contributed by atoms with Crippen LogP contribution in [0.5, 0.6) is 0 Å². The fraction of sp³-hybridized carbons (Fsp3) is 0.391. The highest BCUT2D eigenvalue weighted by atomic mass is 16.5. The molecule has 1 fully saturated rings. The number of rotatable bonds is 5. The number of aryl methyl sites for hydroxylation is 1. The Morgan fingerprint density at radius 3 is 2.72 bits per heavy atom. The summed E-state index contributed by atoms with van der Waals surface area (Å²) in [5, 5.41) is 3.96. The van der Waals surface area contributed by atoms with Gasteiger partial charge in [0, 0.05) is 36.8 Å². The van der Waals surface area contributed by atoms with E-state index in [9.17, 15) is 4.79 Å². The quantitative estimate of drug-likeness (QED) is 0.717. The molecule has 0 radical (unpaired) electrons. The molecule has 1 saturated heterocycles. The molecule has 2 atom stereocenters. The minimum Gasteiger partial charge on any atom is -0.464 e. The van der Waals surface area contributed by atoms with Gasteiger partial charge in [0.2, 0.25) is 5.91 Å². The normalized spacial score (nSPS) is 19.5. The highest BCUT2D eigenvalue weighted by Gasteiger charge is 2.23. The summed E-state index contributed by atoms with van der Waals surface area (Å²) in [4.78, 5) is 19.2. The maximum absolute atomic E-state index is 12.4. The molecule has 152 valence electrons. The number of aromatic nitrogens is 1. The monoisotopic (exact) mass is 393 g/mol. The SMILES string of the molecule is Cc1ccc2c(CC(=O)NCc3ccc(N4CC(C)OC(C)C4)nc3)coc2c1. The van der Waals surface area contributed by atoms with Crippen LogP contribution in [0, 0.1) is 6.92 Å². The number of amides is 1. The van der Waals surface area contributed by atoms with Crippen molar-refractivity contribution in [2.24, 2.45) is 0 Å². The molecule has 29 heavy (non-hydrogen) atoms. The van der Waals surface area contributed by atoms with E-state index in [-0.39, 0.29) is 18.1 Å². The zero-order chi connectivity index (χ0) is 20.4. The minimum absolute atomic E-state index is 0.0341. The lowest BCUT2D eigenvalue weighted by molar-refractivity contribution is -0.120. The number of carbonyl (C=O) groups excluding carboxylic acids is 1. The van der Waals surface area contributed by atoms with Gasteiger partial charge >= 0.3 is 0 Å². The maximum atomic E-state index is 12.4. The van der Waals surface area contributed by atoms with Crippen molar-refractivity contribution in [2.75, 3.05) is 18.0 Å². The van der Waals surface area contributed by atoms with Crippen LogP contribution in [0.1, 0.15) is 30.5 Å². The number of pyridine rings is 1. The summed E-state index contributed by atoms with van der Waals surface area (Å²) in [7, 11) is 0. The van der Waals surface area contributed by atoms with Crippen LogP contribution in [0.25, 0.3) is 11.0 Å². The van der Waals surface area contributed by atoms with Gasteiger partial charge in [-0.2, -0.15) is 0 Å². The Kier molecular flexibility index (Phi) is 5.53. The van der Waals surface area contributed by atoms with Gasteiger partial charge in [0.25, 0.3) is 0 Å². The number of nitrogens with zero attached hydrogens (tertiary/aromatic N) is 2. The first-order chi connectivity index (χ1) is 14.0. The van der Waals surface area contributed by atoms with E-state index in [4.69, 9.17) is 9.15 Å². The summed E-state index contributed by atoms with van der Waals surface area (Å²) in [6, 6.07) is 10.1. The van der Waals surface area contributed by atoms with Crippen LogP contribution >= 0.6 is 0 Å². The molecule has 1 aliphatic rings. The molecule has 3 heterocycles. The van der Waals surface area contributed by atoms with E-state index in [1.54, 1.807) is 6.26 Å². The van der Waals surface area contributed by atoms with Crippen molar-refractivity contribution in [1.29, 1.82) is 0 Å². The van der Waals surface area contributed by atoms with E-state index in [0.717, 1.165) is 46.6 Å². The Labute approximate surface area is 170 Å². The second-order valence-electron chi connectivity index (χ2n) is 7.90. The summed E-state index contributed by atoms with van der Waals surface area (Å²) in [6.45, 7) is 8.32. The molecule has 6 nitrogen and oxygen atoms in total. The molecule has 0 saturated carbocycles. The van der Waals surface area contributed by atoms with Gasteiger partial charge in [-0.05, 0) is 44.0 Å². The van der Waals surface area contributed by atoms with Crippen LogP contribution < -0.4 is 10.2 Å². The van der Waals surface area contributed by atoms with Gasteiger partial charge in [0.05, 0.1) is 24.9 Å². The number of nitrogens with one attached hydrogen (secondary N) is 1. The van der Waals surface area contributed by atoms with E-state index < -0.39 is 0 Å². The summed E-state index contributed by atoms with van der Waals surface area (Å²) < 4.78 is 11.4.